The van der Waals surface area contributed by atoms with E-state index in [-0.39, 0.29) is 30.7 Å². The van der Waals surface area contributed by atoms with Gasteiger partial charge in [-0.1, -0.05) is 12.8 Å². The highest BCUT2D eigenvalue weighted by Crippen LogP contribution is 2.17. The Kier molecular flexibility index (Phi) is 4.97. The lowest BCUT2D eigenvalue weighted by Crippen LogP contribution is -2.36. The van der Waals surface area contributed by atoms with Crippen LogP contribution in [0.2, 0.25) is 0 Å². The maximum absolute atomic E-state index is 11.6. The molecule has 0 bridgehead atoms. The van der Waals surface area contributed by atoms with Crippen LogP contribution in [-0.4, -0.2) is 29.1 Å². The summed E-state index contributed by atoms with van der Waals surface area (Å²) in [5.74, 6) is -0.959. The lowest BCUT2D eigenvalue weighted by Gasteiger charge is -2.12. The molecule has 7 heteroatoms. The van der Waals surface area contributed by atoms with E-state index >= 15 is 0 Å². The zero-order chi connectivity index (χ0) is 15.2. The van der Waals surface area contributed by atoms with E-state index < -0.39 is 5.97 Å². The third kappa shape index (κ3) is 4.62. The summed E-state index contributed by atoms with van der Waals surface area (Å²) in [6, 6.07) is 2.92. The number of nitrogens with one attached hydrogen (secondary N) is 1. The fourth-order valence-electron chi connectivity index (χ4n) is 2.34. The number of nitrogens with zero attached hydrogens (tertiary/aromatic N) is 1. The van der Waals surface area contributed by atoms with Gasteiger partial charge in [0.2, 0.25) is 0 Å². The molecule has 1 aromatic rings. The second-order valence-corrected chi connectivity index (χ2v) is 5.14. The number of rotatable bonds is 5. The molecule has 0 saturated heterocycles. The summed E-state index contributed by atoms with van der Waals surface area (Å²) >= 11 is 0. The van der Waals surface area contributed by atoms with Crippen molar-refractivity contribution in [3.8, 4) is 0 Å². The van der Waals surface area contributed by atoms with Crippen molar-refractivity contribution >= 4 is 17.6 Å². The summed E-state index contributed by atoms with van der Waals surface area (Å²) in [4.78, 5) is 34.7. The molecule has 114 valence electrons. The van der Waals surface area contributed by atoms with Gasteiger partial charge in [0.05, 0.1) is 0 Å². The highest BCUT2D eigenvalue weighted by molar-refractivity contribution is 5.80. The van der Waals surface area contributed by atoms with Gasteiger partial charge in [-0.25, -0.2) is 0 Å². The van der Waals surface area contributed by atoms with E-state index in [9.17, 15) is 14.4 Å². The van der Waals surface area contributed by atoms with Crippen molar-refractivity contribution < 1.29 is 14.3 Å². The number of pyridine rings is 1. The van der Waals surface area contributed by atoms with Gasteiger partial charge in [0.1, 0.15) is 6.54 Å². The average Bonchev–Trinajstić information content (AvgIpc) is 2.93. The topological polar surface area (TPSA) is 103 Å². The Hall–Kier alpha value is -2.31. The molecule has 1 aliphatic carbocycles. The highest BCUT2D eigenvalue weighted by Gasteiger charge is 2.17. The Morgan fingerprint density at radius 3 is 2.76 bits per heavy atom. The molecule has 1 fully saturated rings. The van der Waals surface area contributed by atoms with Crippen molar-refractivity contribution in [3.05, 3.63) is 28.7 Å². The van der Waals surface area contributed by atoms with Crippen molar-refractivity contribution in [1.82, 2.24) is 9.88 Å². The van der Waals surface area contributed by atoms with Crippen LogP contribution in [0.1, 0.15) is 25.7 Å². The first-order valence-corrected chi connectivity index (χ1v) is 6.95. The third-order valence-electron chi connectivity index (χ3n) is 3.39. The maximum atomic E-state index is 11.6. The van der Waals surface area contributed by atoms with E-state index in [1.165, 1.54) is 18.3 Å². The van der Waals surface area contributed by atoms with Gasteiger partial charge < -0.3 is 20.4 Å². The predicted molar refractivity (Wildman–Crippen MR) is 76.5 cm³/mol. The van der Waals surface area contributed by atoms with Gasteiger partial charge >= 0.3 is 5.97 Å². The van der Waals surface area contributed by atoms with Crippen molar-refractivity contribution in [2.45, 2.75) is 38.3 Å². The molecule has 1 aromatic heterocycles. The number of carbonyl (C=O) groups is 2. The van der Waals surface area contributed by atoms with Crippen LogP contribution in [0.15, 0.2) is 23.1 Å². The zero-order valence-electron chi connectivity index (χ0n) is 11.7. The second-order valence-electron chi connectivity index (χ2n) is 5.14. The Morgan fingerprint density at radius 2 is 2.05 bits per heavy atom. The van der Waals surface area contributed by atoms with E-state index in [4.69, 9.17) is 10.5 Å². The standard InChI is InChI=1S/C14H19N3O4/c15-10-5-6-13(19)17(7-10)8-14(20)21-9-12(18)16-11-3-1-2-4-11/h5-7,11H,1-4,8-9,15H2,(H,16,18). The molecule has 21 heavy (non-hydrogen) atoms. The lowest BCUT2D eigenvalue weighted by molar-refractivity contribution is -0.149. The predicted octanol–water partition coefficient (Wildman–Crippen LogP) is 0.0325. The maximum Gasteiger partial charge on any atom is 0.326 e. The molecule has 3 N–H and O–H groups in total. The minimum absolute atomic E-state index is 0.188. The number of hydrogen-bond acceptors (Lipinski definition) is 5. The third-order valence-corrected chi connectivity index (χ3v) is 3.39. The second kappa shape index (κ2) is 6.92. The summed E-state index contributed by atoms with van der Waals surface area (Å²) in [7, 11) is 0. The van der Waals surface area contributed by atoms with Crippen LogP contribution in [-0.2, 0) is 20.9 Å². The Bertz CT molecular complexity index is 576. The van der Waals surface area contributed by atoms with Crippen LogP contribution in [0, 0.1) is 0 Å². The summed E-state index contributed by atoms with van der Waals surface area (Å²) in [5, 5.41) is 2.81. The molecule has 1 heterocycles. The molecule has 0 radical (unpaired) electrons. The smallest absolute Gasteiger partial charge is 0.326 e. The van der Waals surface area contributed by atoms with Crippen LogP contribution < -0.4 is 16.6 Å². The highest BCUT2D eigenvalue weighted by atomic mass is 16.5. The molecule has 1 saturated carbocycles. The largest absolute Gasteiger partial charge is 0.454 e. The number of anilines is 1. The first kappa shape index (κ1) is 15.1. The Labute approximate surface area is 122 Å². The summed E-state index contributed by atoms with van der Waals surface area (Å²) < 4.78 is 6.01. The molecule has 0 aliphatic heterocycles. The monoisotopic (exact) mass is 293 g/mol. The molecule has 0 unspecified atom stereocenters. The van der Waals surface area contributed by atoms with Crippen LogP contribution in [0.4, 0.5) is 5.69 Å². The number of nitrogen functional groups attached to an aromatic ring is 1. The van der Waals surface area contributed by atoms with E-state index in [1.54, 1.807) is 0 Å². The summed E-state index contributed by atoms with van der Waals surface area (Å²) in [5.41, 5.74) is 5.57. The van der Waals surface area contributed by atoms with Gasteiger partial charge in [-0.2, -0.15) is 0 Å². The number of ether oxygens (including phenoxy) is 1. The minimum Gasteiger partial charge on any atom is -0.454 e. The molecule has 1 aliphatic rings. The number of amides is 1. The molecular formula is C14H19N3O4. The van der Waals surface area contributed by atoms with Gasteiger partial charge in [0.15, 0.2) is 6.61 Å². The molecule has 0 spiro atoms. The number of nitrogens with two attached hydrogens (primary N) is 1. The van der Waals surface area contributed by atoms with Crippen LogP contribution in [0.5, 0.6) is 0 Å². The fraction of sp³-hybridized carbons (Fsp3) is 0.500. The van der Waals surface area contributed by atoms with Crippen molar-refractivity contribution in [2.75, 3.05) is 12.3 Å². The quantitative estimate of drug-likeness (QED) is 0.746. The number of aromatic nitrogens is 1. The minimum atomic E-state index is -0.649. The van der Waals surface area contributed by atoms with E-state index in [1.807, 2.05) is 0 Å². The zero-order valence-corrected chi connectivity index (χ0v) is 11.7. The van der Waals surface area contributed by atoms with Gasteiger partial charge in [-0.15, -0.1) is 0 Å². The van der Waals surface area contributed by atoms with E-state index in [0.29, 0.717) is 5.69 Å². The van der Waals surface area contributed by atoms with Crippen LogP contribution >= 0.6 is 0 Å². The first-order chi connectivity index (χ1) is 10.0. The average molecular weight is 293 g/mol. The Balaban J connectivity index is 1.77. The van der Waals surface area contributed by atoms with Crippen LogP contribution in [0.3, 0.4) is 0 Å². The molecule has 7 nitrogen and oxygen atoms in total. The summed E-state index contributed by atoms with van der Waals surface area (Å²) in [6.45, 7) is -0.590. The first-order valence-electron chi connectivity index (χ1n) is 6.95. The van der Waals surface area contributed by atoms with Gasteiger partial charge in [-0.3, -0.25) is 14.4 Å². The molecule has 0 aromatic carbocycles. The number of carbonyl (C=O) groups excluding carboxylic acids is 2. The number of esters is 1. The van der Waals surface area contributed by atoms with E-state index in [2.05, 4.69) is 5.32 Å². The summed E-state index contributed by atoms with van der Waals surface area (Å²) in [6.07, 6.45) is 5.53. The Morgan fingerprint density at radius 1 is 1.33 bits per heavy atom. The number of hydrogen-bond donors (Lipinski definition) is 2. The molecule has 2 rings (SSSR count). The molecular weight excluding hydrogens is 274 g/mol. The van der Waals surface area contributed by atoms with Crippen molar-refractivity contribution in [3.63, 3.8) is 0 Å². The lowest BCUT2D eigenvalue weighted by atomic mass is 10.2. The SMILES string of the molecule is Nc1ccc(=O)n(CC(=O)OCC(=O)NC2CCCC2)c1. The van der Waals surface area contributed by atoms with Gasteiger partial charge in [0.25, 0.3) is 11.5 Å². The van der Waals surface area contributed by atoms with Crippen molar-refractivity contribution in [2.24, 2.45) is 0 Å². The van der Waals surface area contributed by atoms with Crippen molar-refractivity contribution in [1.29, 1.82) is 0 Å². The van der Waals surface area contributed by atoms with Crippen LogP contribution in [0.25, 0.3) is 0 Å². The molecule has 1 amide bonds. The van der Waals surface area contributed by atoms with Gasteiger partial charge in [0, 0.05) is 24.0 Å². The normalized spacial score (nSPS) is 14.9. The fourth-order valence-corrected chi connectivity index (χ4v) is 2.34. The van der Waals surface area contributed by atoms with E-state index in [0.717, 1.165) is 30.3 Å². The molecule has 0 atom stereocenters. The van der Waals surface area contributed by atoms with Gasteiger partial charge in [-0.05, 0) is 18.9 Å².